The lowest BCUT2D eigenvalue weighted by Gasteiger charge is -2.15. The molecule has 0 saturated carbocycles. The maximum Gasteiger partial charge on any atom is 0.278 e. The van der Waals surface area contributed by atoms with Crippen molar-refractivity contribution in [3.63, 3.8) is 0 Å². The van der Waals surface area contributed by atoms with Crippen LogP contribution in [0, 0.1) is 13.8 Å². The van der Waals surface area contributed by atoms with Gasteiger partial charge in [-0.2, -0.15) is 0 Å². The molecule has 4 rings (SSSR count). The van der Waals surface area contributed by atoms with Crippen molar-refractivity contribution >= 4 is 33.8 Å². The van der Waals surface area contributed by atoms with E-state index in [1.54, 1.807) is 0 Å². The summed E-state index contributed by atoms with van der Waals surface area (Å²) in [6, 6.07) is 19.8. The van der Waals surface area contributed by atoms with E-state index in [1.807, 2.05) is 81.4 Å². The van der Waals surface area contributed by atoms with Crippen molar-refractivity contribution in [1.82, 2.24) is 4.90 Å². The predicted octanol–water partition coefficient (Wildman–Crippen LogP) is 5.08. The summed E-state index contributed by atoms with van der Waals surface area (Å²) in [4.78, 5) is 28.2. The van der Waals surface area contributed by atoms with Crippen LogP contribution < -0.4 is 5.32 Å². The van der Waals surface area contributed by atoms with Crippen LogP contribution in [0.5, 0.6) is 0 Å². The first-order chi connectivity index (χ1) is 15.5. The molecule has 0 saturated heterocycles. The van der Waals surface area contributed by atoms with E-state index in [2.05, 4.69) is 5.32 Å². The lowest BCUT2D eigenvalue weighted by molar-refractivity contribution is -0.137. The largest absolute Gasteiger partial charge is 0.382 e. The van der Waals surface area contributed by atoms with Crippen LogP contribution in [0.1, 0.15) is 30.0 Å². The molecule has 0 unspecified atom stereocenters. The summed E-state index contributed by atoms with van der Waals surface area (Å²) in [5.41, 5.74) is 4.42. The van der Waals surface area contributed by atoms with E-state index in [1.165, 1.54) is 4.90 Å². The highest BCUT2D eigenvalue weighted by Gasteiger charge is 2.39. The molecular weight excluding hydrogens is 400 g/mol. The van der Waals surface area contributed by atoms with E-state index >= 15 is 0 Å². The summed E-state index contributed by atoms with van der Waals surface area (Å²) in [6.07, 6.45) is 0.604. The zero-order valence-electron chi connectivity index (χ0n) is 18.8. The van der Waals surface area contributed by atoms with E-state index in [4.69, 9.17) is 4.74 Å². The zero-order chi connectivity index (χ0) is 22.7. The van der Waals surface area contributed by atoms with Gasteiger partial charge in [0.25, 0.3) is 11.8 Å². The number of carbonyl (C=O) groups is 2. The average molecular weight is 429 g/mol. The molecule has 1 aliphatic rings. The third kappa shape index (κ3) is 4.16. The number of fused-ring (bicyclic) bond motifs is 1. The van der Waals surface area contributed by atoms with E-state index in [-0.39, 0.29) is 11.8 Å². The van der Waals surface area contributed by atoms with Crippen molar-refractivity contribution in [1.29, 1.82) is 0 Å². The standard InChI is InChI=1S/C27H28N2O3/c1-4-32-16-8-15-29-26(30)24(21-14-13-18(2)17-19(21)3)25(27(29)31)28-23-12-7-10-20-9-5-6-11-22(20)23/h5-7,9-14,17,28H,4,8,15-16H2,1-3H3. The molecular formula is C27H28N2O3. The topological polar surface area (TPSA) is 58.6 Å². The van der Waals surface area contributed by atoms with Gasteiger partial charge in [0.1, 0.15) is 5.70 Å². The van der Waals surface area contributed by atoms with Crippen molar-refractivity contribution < 1.29 is 14.3 Å². The Morgan fingerprint density at radius 2 is 1.72 bits per heavy atom. The fourth-order valence-corrected chi connectivity index (χ4v) is 4.18. The number of nitrogens with one attached hydrogen (secondary N) is 1. The number of rotatable bonds is 8. The molecule has 0 fully saturated rings. The van der Waals surface area contributed by atoms with Crippen LogP contribution in [0.4, 0.5) is 5.69 Å². The van der Waals surface area contributed by atoms with Crippen LogP contribution in [-0.4, -0.2) is 36.5 Å². The van der Waals surface area contributed by atoms with Gasteiger partial charge in [-0.15, -0.1) is 0 Å². The number of carbonyl (C=O) groups excluding carboxylic acids is 2. The molecule has 1 N–H and O–H groups in total. The molecule has 3 aromatic rings. The third-order valence-corrected chi connectivity index (χ3v) is 5.74. The molecule has 0 aliphatic carbocycles. The van der Waals surface area contributed by atoms with E-state index in [0.29, 0.717) is 37.4 Å². The maximum absolute atomic E-state index is 13.4. The van der Waals surface area contributed by atoms with Crippen LogP contribution in [0.15, 0.2) is 66.4 Å². The molecule has 3 aromatic carbocycles. The van der Waals surface area contributed by atoms with E-state index in [9.17, 15) is 9.59 Å². The highest BCUT2D eigenvalue weighted by atomic mass is 16.5. The summed E-state index contributed by atoms with van der Waals surface area (Å²) < 4.78 is 5.40. The van der Waals surface area contributed by atoms with Gasteiger partial charge in [-0.1, -0.05) is 60.2 Å². The summed E-state index contributed by atoms with van der Waals surface area (Å²) in [6.45, 7) is 7.37. The maximum atomic E-state index is 13.4. The molecule has 1 aliphatic heterocycles. The Morgan fingerprint density at radius 3 is 2.50 bits per heavy atom. The number of anilines is 1. The van der Waals surface area contributed by atoms with Gasteiger partial charge in [0, 0.05) is 30.8 Å². The monoisotopic (exact) mass is 428 g/mol. The van der Waals surface area contributed by atoms with Gasteiger partial charge in [0.15, 0.2) is 0 Å². The SMILES string of the molecule is CCOCCCN1C(=O)C(Nc2cccc3ccccc23)=C(c2ccc(C)cc2C)C1=O. The van der Waals surface area contributed by atoms with Crippen LogP contribution in [0.2, 0.25) is 0 Å². The predicted molar refractivity (Wildman–Crippen MR) is 128 cm³/mol. The summed E-state index contributed by atoms with van der Waals surface area (Å²) in [5, 5.41) is 5.39. The van der Waals surface area contributed by atoms with Gasteiger partial charge in [-0.3, -0.25) is 14.5 Å². The van der Waals surface area contributed by atoms with Crippen molar-refractivity contribution in [2.45, 2.75) is 27.2 Å². The molecule has 0 spiro atoms. The number of nitrogens with zero attached hydrogens (tertiary/aromatic N) is 1. The minimum absolute atomic E-state index is 0.263. The molecule has 0 bridgehead atoms. The van der Waals surface area contributed by atoms with Gasteiger partial charge >= 0.3 is 0 Å². The average Bonchev–Trinajstić information content (AvgIpc) is 3.01. The Hall–Kier alpha value is -3.44. The quantitative estimate of drug-likeness (QED) is 0.402. The van der Waals surface area contributed by atoms with Gasteiger partial charge in [0.2, 0.25) is 0 Å². The molecule has 2 amide bonds. The first kappa shape index (κ1) is 21.8. The normalized spacial score (nSPS) is 14.0. The molecule has 0 atom stereocenters. The van der Waals surface area contributed by atoms with Crippen molar-refractivity contribution in [2.75, 3.05) is 25.1 Å². The Bertz CT molecular complexity index is 1210. The first-order valence-electron chi connectivity index (χ1n) is 11.0. The van der Waals surface area contributed by atoms with Crippen molar-refractivity contribution in [3.8, 4) is 0 Å². The smallest absolute Gasteiger partial charge is 0.278 e. The Balaban J connectivity index is 1.77. The Labute approximate surface area is 188 Å². The van der Waals surface area contributed by atoms with Crippen LogP contribution >= 0.6 is 0 Å². The fraction of sp³-hybridized carbons (Fsp3) is 0.259. The molecule has 5 heteroatoms. The highest BCUT2D eigenvalue weighted by molar-refractivity contribution is 6.37. The van der Waals surface area contributed by atoms with Gasteiger partial charge in [0.05, 0.1) is 5.57 Å². The number of aryl methyl sites for hydroxylation is 2. The Kier molecular flexibility index (Phi) is 6.37. The van der Waals surface area contributed by atoms with E-state index in [0.717, 1.165) is 33.2 Å². The zero-order valence-corrected chi connectivity index (χ0v) is 18.8. The lowest BCUT2D eigenvalue weighted by atomic mass is 9.97. The minimum Gasteiger partial charge on any atom is -0.382 e. The fourth-order valence-electron chi connectivity index (χ4n) is 4.18. The number of ether oxygens (including phenoxy) is 1. The van der Waals surface area contributed by atoms with Crippen LogP contribution in [0.25, 0.3) is 16.3 Å². The summed E-state index contributed by atoms with van der Waals surface area (Å²) >= 11 is 0. The van der Waals surface area contributed by atoms with Crippen LogP contribution in [-0.2, 0) is 14.3 Å². The highest BCUT2D eigenvalue weighted by Crippen LogP contribution is 2.34. The second-order valence-electron chi connectivity index (χ2n) is 8.03. The summed E-state index contributed by atoms with van der Waals surface area (Å²) in [7, 11) is 0. The molecule has 164 valence electrons. The van der Waals surface area contributed by atoms with Crippen LogP contribution in [0.3, 0.4) is 0 Å². The minimum atomic E-state index is -0.297. The second kappa shape index (κ2) is 9.37. The number of hydrogen-bond acceptors (Lipinski definition) is 4. The lowest BCUT2D eigenvalue weighted by Crippen LogP contribution is -2.34. The number of hydrogen-bond donors (Lipinski definition) is 1. The number of amides is 2. The molecule has 0 radical (unpaired) electrons. The summed E-state index contributed by atoms with van der Waals surface area (Å²) in [5.74, 6) is -0.560. The van der Waals surface area contributed by atoms with Gasteiger partial charge < -0.3 is 10.1 Å². The van der Waals surface area contributed by atoms with Gasteiger partial charge in [-0.05, 0) is 49.8 Å². The van der Waals surface area contributed by atoms with E-state index < -0.39 is 0 Å². The molecule has 32 heavy (non-hydrogen) atoms. The molecule has 5 nitrogen and oxygen atoms in total. The molecule has 1 heterocycles. The van der Waals surface area contributed by atoms with Crippen molar-refractivity contribution in [3.05, 3.63) is 83.1 Å². The molecule has 0 aromatic heterocycles. The second-order valence-corrected chi connectivity index (χ2v) is 8.03. The number of benzene rings is 3. The Morgan fingerprint density at radius 1 is 0.938 bits per heavy atom. The third-order valence-electron chi connectivity index (χ3n) is 5.74. The first-order valence-corrected chi connectivity index (χ1v) is 11.0. The number of imide groups is 1. The van der Waals surface area contributed by atoms with Crippen molar-refractivity contribution in [2.24, 2.45) is 0 Å². The van der Waals surface area contributed by atoms with Gasteiger partial charge in [-0.25, -0.2) is 0 Å².